The van der Waals surface area contributed by atoms with Gasteiger partial charge in [0.15, 0.2) is 0 Å². The number of carbonyl (C=O) groups excluding carboxylic acids is 2. The quantitative estimate of drug-likeness (QED) is 0.412. The molecule has 1 saturated carbocycles. The number of halogens is 3. The first-order chi connectivity index (χ1) is 20.5. The third-order valence-corrected chi connectivity index (χ3v) is 8.02. The topological polar surface area (TPSA) is 116 Å². The summed E-state index contributed by atoms with van der Waals surface area (Å²) in [5.74, 6) is 2.57. The van der Waals surface area contributed by atoms with E-state index in [2.05, 4.69) is 21.3 Å². The molecule has 0 bridgehead atoms. The normalized spacial score (nSPS) is 20.8. The van der Waals surface area contributed by atoms with Gasteiger partial charge in [-0.2, -0.15) is 13.2 Å². The summed E-state index contributed by atoms with van der Waals surface area (Å²) in [6.45, 7) is 1.57. The molecule has 2 amide bonds. The number of benzene rings is 2. The summed E-state index contributed by atoms with van der Waals surface area (Å²) in [6, 6.07) is 11.0. The third-order valence-electron chi connectivity index (χ3n) is 8.02. The summed E-state index contributed by atoms with van der Waals surface area (Å²) in [5.41, 5.74) is 6.09. The number of nitrogens with two attached hydrogens (primary N) is 1. The SMILES string of the molecule is CN1CCC(Oc2ccc(C(N)=O)cc2C(F)(F)F)CC1.O=C1CCc2c(Oc3ccc4c(c3)C3CC3O4)ccnc2N1. The van der Waals surface area contributed by atoms with E-state index in [1.54, 1.807) is 6.20 Å². The average molecular weight is 597 g/mol. The summed E-state index contributed by atoms with van der Waals surface area (Å²) in [7, 11) is 1.96. The number of rotatable bonds is 5. The van der Waals surface area contributed by atoms with E-state index in [1.165, 1.54) is 17.7 Å². The minimum absolute atomic E-state index is 0.00612. The van der Waals surface area contributed by atoms with Crippen LogP contribution < -0.4 is 25.3 Å². The summed E-state index contributed by atoms with van der Waals surface area (Å²) in [4.78, 5) is 28.8. The van der Waals surface area contributed by atoms with Gasteiger partial charge in [-0.25, -0.2) is 4.98 Å². The average Bonchev–Trinajstić information content (AvgIpc) is 3.65. The predicted molar refractivity (Wildman–Crippen MR) is 151 cm³/mol. The molecule has 3 aromatic rings. The molecule has 0 spiro atoms. The third kappa shape index (κ3) is 6.38. The van der Waals surface area contributed by atoms with Crippen LogP contribution in [0.1, 0.15) is 58.6 Å². The van der Waals surface area contributed by atoms with Gasteiger partial charge >= 0.3 is 6.18 Å². The molecule has 3 N–H and O–H groups in total. The van der Waals surface area contributed by atoms with Gasteiger partial charge < -0.3 is 30.2 Å². The Morgan fingerprint density at radius 1 is 1.09 bits per heavy atom. The molecule has 2 aromatic carbocycles. The fraction of sp³-hybridized carbons (Fsp3) is 0.387. The Balaban J connectivity index is 0.000000153. The standard InChI is InChI=1S/C17H14N2O3.C14H17F3N2O2/c20-16-4-2-10-14(5-6-18-17(10)19-16)21-9-1-3-13-11(7-9)12-8-15(12)22-13;1-19-6-4-10(5-7-19)21-12-3-2-9(13(18)20)8-11(12)14(15,16)17/h1,3,5-7,12,15H,2,4,8H2,(H,18,19,20);2-3,8,10H,4-7H2,1H3,(H2,18,20). The van der Waals surface area contributed by atoms with Crippen molar-refractivity contribution in [2.75, 3.05) is 25.5 Å². The summed E-state index contributed by atoms with van der Waals surface area (Å²) in [6.07, 6.45) is 0.791. The second-order valence-corrected chi connectivity index (χ2v) is 11.2. The number of nitrogens with one attached hydrogen (secondary N) is 1. The van der Waals surface area contributed by atoms with Gasteiger partial charge in [-0.05, 0) is 75.2 Å². The second kappa shape index (κ2) is 11.4. The van der Waals surface area contributed by atoms with E-state index in [-0.39, 0.29) is 23.3 Å². The summed E-state index contributed by atoms with van der Waals surface area (Å²) in [5, 5.41) is 2.79. The molecule has 226 valence electrons. The van der Waals surface area contributed by atoms with Gasteiger partial charge in [0.2, 0.25) is 11.8 Å². The molecular weight excluding hydrogens is 565 g/mol. The molecule has 2 unspecified atom stereocenters. The lowest BCUT2D eigenvalue weighted by Gasteiger charge is -2.30. The number of piperidine rings is 1. The lowest BCUT2D eigenvalue weighted by atomic mass is 10.1. The van der Waals surface area contributed by atoms with Gasteiger partial charge in [-0.3, -0.25) is 9.59 Å². The van der Waals surface area contributed by atoms with Crippen LogP contribution in [0.15, 0.2) is 48.7 Å². The molecule has 0 radical (unpaired) electrons. The zero-order valence-electron chi connectivity index (χ0n) is 23.4. The van der Waals surface area contributed by atoms with Gasteiger partial charge in [-0.15, -0.1) is 0 Å². The van der Waals surface area contributed by atoms with E-state index in [0.717, 1.165) is 48.4 Å². The predicted octanol–water partition coefficient (Wildman–Crippen LogP) is 5.28. The molecule has 1 aliphatic carbocycles. The minimum atomic E-state index is -4.59. The van der Waals surface area contributed by atoms with Crippen molar-refractivity contribution >= 4 is 17.6 Å². The van der Waals surface area contributed by atoms with Gasteiger partial charge in [0, 0.05) is 48.3 Å². The molecule has 2 fully saturated rings. The number of likely N-dealkylation sites (tertiary alicyclic amines) is 1. The van der Waals surface area contributed by atoms with Crippen molar-refractivity contribution in [3.63, 3.8) is 0 Å². The first kappa shape index (κ1) is 28.8. The van der Waals surface area contributed by atoms with Crippen LogP contribution in [0, 0.1) is 0 Å². The number of hydrogen-bond donors (Lipinski definition) is 2. The van der Waals surface area contributed by atoms with E-state index < -0.39 is 17.6 Å². The van der Waals surface area contributed by atoms with E-state index in [1.807, 2.05) is 25.2 Å². The minimum Gasteiger partial charge on any atom is -0.490 e. The molecular formula is C31H31F3N4O5. The number of amides is 2. The largest absolute Gasteiger partial charge is 0.490 e. The zero-order valence-corrected chi connectivity index (χ0v) is 23.4. The van der Waals surface area contributed by atoms with Crippen LogP contribution in [0.5, 0.6) is 23.0 Å². The van der Waals surface area contributed by atoms with Crippen LogP contribution in [0.3, 0.4) is 0 Å². The molecule has 4 heterocycles. The maximum absolute atomic E-state index is 13.1. The molecule has 7 rings (SSSR count). The number of fused-ring (bicyclic) bond motifs is 4. The highest BCUT2D eigenvalue weighted by atomic mass is 19.4. The Morgan fingerprint density at radius 3 is 2.63 bits per heavy atom. The number of carbonyl (C=O) groups is 2. The fourth-order valence-corrected chi connectivity index (χ4v) is 5.55. The lowest BCUT2D eigenvalue weighted by Crippen LogP contribution is -2.36. The number of anilines is 1. The Bertz CT molecular complexity index is 1550. The number of pyridine rings is 1. The molecule has 4 aliphatic rings. The maximum atomic E-state index is 13.1. The van der Waals surface area contributed by atoms with Crippen molar-refractivity contribution in [1.82, 2.24) is 9.88 Å². The van der Waals surface area contributed by atoms with Crippen molar-refractivity contribution in [3.8, 4) is 23.0 Å². The Morgan fingerprint density at radius 2 is 1.88 bits per heavy atom. The molecule has 9 nitrogen and oxygen atoms in total. The van der Waals surface area contributed by atoms with Crippen LogP contribution in [0.25, 0.3) is 0 Å². The number of primary amides is 1. The van der Waals surface area contributed by atoms with Gasteiger partial charge in [-0.1, -0.05) is 0 Å². The molecule has 3 aliphatic heterocycles. The molecule has 12 heteroatoms. The Hall–Kier alpha value is -4.32. The smallest absolute Gasteiger partial charge is 0.419 e. The fourth-order valence-electron chi connectivity index (χ4n) is 5.55. The number of aromatic nitrogens is 1. The van der Waals surface area contributed by atoms with E-state index in [0.29, 0.717) is 43.5 Å². The van der Waals surface area contributed by atoms with Gasteiger partial charge in [0.05, 0.1) is 5.56 Å². The van der Waals surface area contributed by atoms with Gasteiger partial charge in [0.1, 0.15) is 41.0 Å². The maximum Gasteiger partial charge on any atom is 0.419 e. The zero-order chi connectivity index (χ0) is 30.3. The van der Waals surface area contributed by atoms with Crippen molar-refractivity contribution in [2.45, 2.75) is 56.4 Å². The van der Waals surface area contributed by atoms with E-state index >= 15 is 0 Å². The molecule has 1 aromatic heterocycles. The van der Waals surface area contributed by atoms with Crippen LogP contribution in [-0.2, 0) is 17.4 Å². The van der Waals surface area contributed by atoms with Crippen LogP contribution in [0.2, 0.25) is 0 Å². The van der Waals surface area contributed by atoms with Gasteiger partial charge in [0.25, 0.3) is 0 Å². The number of alkyl halides is 3. The Labute approximate surface area is 246 Å². The van der Waals surface area contributed by atoms with Crippen molar-refractivity contribution < 1.29 is 37.0 Å². The number of ether oxygens (including phenoxy) is 3. The monoisotopic (exact) mass is 596 g/mol. The lowest BCUT2D eigenvalue weighted by molar-refractivity contribution is -0.139. The number of nitrogens with zero attached hydrogens (tertiary/aromatic N) is 2. The summed E-state index contributed by atoms with van der Waals surface area (Å²) < 4.78 is 56.5. The highest BCUT2D eigenvalue weighted by molar-refractivity contribution is 5.93. The van der Waals surface area contributed by atoms with E-state index in [9.17, 15) is 22.8 Å². The summed E-state index contributed by atoms with van der Waals surface area (Å²) >= 11 is 0. The van der Waals surface area contributed by atoms with Crippen LogP contribution in [-0.4, -0.2) is 54.0 Å². The highest BCUT2D eigenvalue weighted by Gasteiger charge is 2.48. The number of hydrogen-bond acceptors (Lipinski definition) is 7. The van der Waals surface area contributed by atoms with Crippen LogP contribution in [0.4, 0.5) is 19.0 Å². The first-order valence-electron chi connectivity index (χ1n) is 14.2. The Kier molecular flexibility index (Phi) is 7.63. The highest BCUT2D eigenvalue weighted by Crippen LogP contribution is 2.54. The molecule has 43 heavy (non-hydrogen) atoms. The van der Waals surface area contributed by atoms with Crippen molar-refractivity contribution in [3.05, 3.63) is 70.9 Å². The van der Waals surface area contributed by atoms with Crippen molar-refractivity contribution in [1.29, 1.82) is 0 Å². The first-order valence-corrected chi connectivity index (χ1v) is 14.2. The second-order valence-electron chi connectivity index (χ2n) is 11.2. The van der Waals surface area contributed by atoms with Crippen molar-refractivity contribution in [2.24, 2.45) is 5.73 Å². The van der Waals surface area contributed by atoms with E-state index in [4.69, 9.17) is 19.9 Å². The van der Waals surface area contributed by atoms with Crippen LogP contribution >= 0.6 is 0 Å². The molecule has 1 saturated heterocycles. The molecule has 2 atom stereocenters.